The van der Waals surface area contributed by atoms with Crippen molar-refractivity contribution in [2.75, 3.05) is 6.61 Å². The Morgan fingerprint density at radius 3 is 1.38 bits per heavy atom. The van der Waals surface area contributed by atoms with Crippen LogP contribution in [0.2, 0.25) is 0 Å². The molecule has 0 radical (unpaired) electrons. The Hall–Kier alpha value is -3.70. The van der Waals surface area contributed by atoms with E-state index in [1.54, 1.807) is 0 Å². The molecule has 0 spiro atoms. The maximum absolute atomic E-state index is 12.6. The summed E-state index contributed by atoms with van der Waals surface area (Å²) in [5.41, 5.74) is -3.18. The van der Waals surface area contributed by atoms with Crippen molar-refractivity contribution < 1.29 is 44.7 Å². The molecule has 0 saturated heterocycles. The van der Waals surface area contributed by atoms with Gasteiger partial charge >= 0.3 is 11.9 Å². The average Bonchev–Trinajstić information content (AvgIpc) is 3.28. The molecule has 0 saturated carbocycles. The standard InChI is InChI=1S/C18H14O8.C6H11NO/c19-13(11-7-3-1-4-8-11)17(25,15(21)22)18(26,16(23)24)14(20)12-9-5-2-6-10-12;7-6-2-1-5(3-6)4-8/h1-10,25-26H,(H,21,22)(H,23,24);1-2,5-6,8H,3-4,7H2/t17-,18-;5-,6+/m11/s1. The van der Waals surface area contributed by atoms with Crippen molar-refractivity contribution in [2.24, 2.45) is 11.7 Å². The molecule has 0 fully saturated rings. The molecule has 4 atom stereocenters. The van der Waals surface area contributed by atoms with Crippen LogP contribution in [0.4, 0.5) is 0 Å². The summed E-state index contributed by atoms with van der Waals surface area (Å²) in [6, 6.07) is 13.0. The number of aliphatic carboxylic acids is 2. The van der Waals surface area contributed by atoms with Crippen molar-refractivity contribution in [1.29, 1.82) is 0 Å². The van der Waals surface area contributed by atoms with Gasteiger partial charge in [-0.25, -0.2) is 9.59 Å². The van der Waals surface area contributed by atoms with E-state index in [4.69, 9.17) is 10.8 Å². The predicted molar refractivity (Wildman–Crippen MR) is 119 cm³/mol. The van der Waals surface area contributed by atoms with Crippen molar-refractivity contribution in [3.63, 3.8) is 0 Å². The highest BCUT2D eigenvalue weighted by Crippen LogP contribution is 2.31. The third-order valence-corrected chi connectivity index (χ3v) is 5.31. The third kappa shape index (κ3) is 5.10. The number of ketones is 2. The van der Waals surface area contributed by atoms with Gasteiger partial charge in [0.05, 0.1) is 0 Å². The number of rotatable bonds is 8. The molecular weight excluding hydrogens is 446 g/mol. The molecule has 180 valence electrons. The van der Waals surface area contributed by atoms with Crippen molar-refractivity contribution in [3.8, 4) is 0 Å². The fourth-order valence-corrected chi connectivity index (χ4v) is 3.37. The van der Waals surface area contributed by atoms with Crippen LogP contribution in [0, 0.1) is 5.92 Å². The number of benzene rings is 2. The van der Waals surface area contributed by atoms with Crippen molar-refractivity contribution in [2.45, 2.75) is 23.7 Å². The molecule has 0 heterocycles. The van der Waals surface area contributed by atoms with Crippen molar-refractivity contribution in [3.05, 3.63) is 83.9 Å². The number of hydrogen-bond donors (Lipinski definition) is 6. The van der Waals surface area contributed by atoms with E-state index in [1.165, 1.54) is 36.4 Å². The molecule has 2 aromatic rings. The maximum atomic E-state index is 12.6. The fourth-order valence-electron chi connectivity index (χ4n) is 3.37. The van der Waals surface area contributed by atoms with E-state index in [9.17, 15) is 39.6 Å². The minimum Gasteiger partial charge on any atom is -0.479 e. The molecule has 7 N–H and O–H groups in total. The van der Waals surface area contributed by atoms with Gasteiger partial charge in [0.1, 0.15) is 0 Å². The first-order valence-corrected chi connectivity index (χ1v) is 10.2. The van der Waals surface area contributed by atoms with Crippen LogP contribution in [0.3, 0.4) is 0 Å². The van der Waals surface area contributed by atoms with E-state index >= 15 is 0 Å². The lowest BCUT2D eigenvalue weighted by Crippen LogP contribution is -2.71. The molecule has 0 aliphatic heterocycles. The Morgan fingerprint density at radius 2 is 1.15 bits per heavy atom. The van der Waals surface area contributed by atoms with Gasteiger partial charge in [-0.3, -0.25) is 9.59 Å². The van der Waals surface area contributed by atoms with Gasteiger partial charge in [0.25, 0.3) is 11.2 Å². The summed E-state index contributed by atoms with van der Waals surface area (Å²) >= 11 is 0. The van der Waals surface area contributed by atoms with Crippen LogP contribution in [0.25, 0.3) is 0 Å². The molecule has 0 amide bonds. The zero-order valence-electron chi connectivity index (χ0n) is 17.9. The highest BCUT2D eigenvalue weighted by atomic mass is 16.5. The lowest BCUT2D eigenvalue weighted by molar-refractivity contribution is -0.187. The van der Waals surface area contributed by atoms with Gasteiger partial charge in [-0.05, 0) is 6.42 Å². The van der Waals surface area contributed by atoms with Crippen LogP contribution in [0.15, 0.2) is 72.8 Å². The number of aliphatic hydroxyl groups excluding tert-OH is 1. The second-order valence-corrected chi connectivity index (χ2v) is 7.65. The highest BCUT2D eigenvalue weighted by molar-refractivity contribution is 6.28. The first-order chi connectivity index (χ1) is 16.0. The molecule has 3 rings (SSSR count). The van der Waals surface area contributed by atoms with E-state index in [1.807, 2.05) is 12.2 Å². The number of nitrogens with two attached hydrogens (primary N) is 1. The van der Waals surface area contributed by atoms with Gasteiger partial charge in [0.15, 0.2) is 0 Å². The SMILES string of the molecule is N[C@H]1C=C[C@@H](CO)C1.O=C(O)[C@](O)(C(=O)c1ccccc1)[C@](O)(C(=O)O)C(=O)c1ccccc1. The number of carboxylic acids is 2. The Bertz CT molecular complexity index is 997. The zero-order chi connectivity index (χ0) is 25.5. The van der Waals surface area contributed by atoms with Crippen LogP contribution in [-0.4, -0.2) is 72.9 Å². The van der Waals surface area contributed by atoms with E-state index in [0.29, 0.717) is 5.92 Å². The number of hydrogen-bond acceptors (Lipinski definition) is 8. The molecule has 0 aromatic heterocycles. The molecule has 0 unspecified atom stereocenters. The van der Waals surface area contributed by atoms with Crippen LogP contribution >= 0.6 is 0 Å². The van der Waals surface area contributed by atoms with Crippen molar-refractivity contribution >= 4 is 23.5 Å². The molecule has 10 nitrogen and oxygen atoms in total. The van der Waals surface area contributed by atoms with E-state index in [-0.39, 0.29) is 12.6 Å². The lowest BCUT2D eigenvalue weighted by Gasteiger charge is -2.34. The molecule has 10 heteroatoms. The molecule has 2 aromatic carbocycles. The lowest BCUT2D eigenvalue weighted by atomic mass is 9.73. The Kier molecular flexibility index (Phi) is 8.55. The normalized spacial score (nSPS) is 20.2. The Morgan fingerprint density at radius 1 is 0.765 bits per heavy atom. The van der Waals surface area contributed by atoms with E-state index in [2.05, 4.69) is 0 Å². The van der Waals surface area contributed by atoms with Gasteiger partial charge < -0.3 is 31.3 Å². The van der Waals surface area contributed by atoms with Gasteiger partial charge in [0, 0.05) is 29.7 Å². The number of carbonyl (C=O) groups is 4. The maximum Gasteiger partial charge on any atom is 0.348 e. The molecular formula is C24H25NO9. The van der Waals surface area contributed by atoms with E-state index < -0.39 is 45.8 Å². The molecule has 1 aliphatic carbocycles. The minimum atomic E-state index is -3.95. The smallest absolute Gasteiger partial charge is 0.348 e. The molecule has 0 bridgehead atoms. The number of carbonyl (C=O) groups excluding carboxylic acids is 2. The van der Waals surface area contributed by atoms with Gasteiger partial charge in [0.2, 0.25) is 11.6 Å². The van der Waals surface area contributed by atoms with Gasteiger partial charge in [-0.2, -0.15) is 0 Å². The van der Waals surface area contributed by atoms with Crippen LogP contribution in [0.5, 0.6) is 0 Å². The van der Waals surface area contributed by atoms with Gasteiger partial charge in [-0.15, -0.1) is 0 Å². The van der Waals surface area contributed by atoms with Crippen LogP contribution in [0.1, 0.15) is 27.1 Å². The summed E-state index contributed by atoms with van der Waals surface area (Å²) in [5.74, 6) is -7.70. The molecule has 34 heavy (non-hydrogen) atoms. The third-order valence-electron chi connectivity index (χ3n) is 5.31. The summed E-state index contributed by atoms with van der Waals surface area (Å²) in [4.78, 5) is 48.5. The van der Waals surface area contributed by atoms with Crippen LogP contribution in [-0.2, 0) is 9.59 Å². The summed E-state index contributed by atoms with van der Waals surface area (Å²) in [7, 11) is 0. The number of aliphatic hydroxyl groups is 3. The summed E-state index contributed by atoms with van der Waals surface area (Å²) in [6.07, 6.45) is 4.84. The summed E-state index contributed by atoms with van der Waals surface area (Å²) < 4.78 is 0. The summed E-state index contributed by atoms with van der Waals surface area (Å²) in [5, 5.41) is 48.4. The minimum absolute atomic E-state index is 0.187. The fraction of sp³-hybridized carbons (Fsp3) is 0.250. The Balaban J connectivity index is 0.000000430. The monoisotopic (exact) mass is 471 g/mol. The van der Waals surface area contributed by atoms with Gasteiger partial charge in [-0.1, -0.05) is 72.8 Å². The average molecular weight is 471 g/mol. The largest absolute Gasteiger partial charge is 0.479 e. The van der Waals surface area contributed by atoms with Crippen LogP contribution < -0.4 is 5.73 Å². The second-order valence-electron chi connectivity index (χ2n) is 7.65. The Labute approximate surface area is 194 Å². The highest BCUT2D eigenvalue weighted by Gasteiger charge is 2.69. The number of carboxylic acid groups (broad SMARTS) is 2. The topological polar surface area (TPSA) is 195 Å². The quantitative estimate of drug-likeness (QED) is 0.177. The second kappa shape index (κ2) is 10.9. The number of Topliss-reactive ketones (excluding diaryl/α,β-unsaturated/α-hetero) is 2. The zero-order valence-corrected chi connectivity index (χ0v) is 17.9. The summed E-state index contributed by atoms with van der Waals surface area (Å²) in [6.45, 7) is 0.240. The first-order valence-electron chi connectivity index (χ1n) is 10.2. The van der Waals surface area contributed by atoms with E-state index in [0.717, 1.165) is 30.7 Å². The predicted octanol–water partition coefficient (Wildman–Crippen LogP) is 0.266. The first kappa shape index (κ1) is 26.6. The molecule has 1 aliphatic rings. The van der Waals surface area contributed by atoms with Crippen molar-refractivity contribution in [1.82, 2.24) is 0 Å².